The van der Waals surface area contributed by atoms with Gasteiger partial charge in [-0.25, -0.2) is 4.79 Å². The molecule has 0 saturated carbocycles. The summed E-state index contributed by atoms with van der Waals surface area (Å²) >= 11 is 0. The molecule has 0 atom stereocenters. The van der Waals surface area contributed by atoms with Crippen LogP contribution >= 0.6 is 0 Å². The van der Waals surface area contributed by atoms with Gasteiger partial charge in [-0.3, -0.25) is 0 Å². The maximum atomic E-state index is 11.4. The van der Waals surface area contributed by atoms with Crippen LogP contribution in [-0.2, 0) is 21.3 Å². The van der Waals surface area contributed by atoms with E-state index in [0.717, 1.165) is 5.69 Å². The number of carbonyl (C=O) groups excluding carboxylic acids is 1. The second-order valence-electron chi connectivity index (χ2n) is 2.76. The minimum atomic E-state index is -0.409. The van der Waals surface area contributed by atoms with E-state index in [1.165, 1.54) is 20.5 Å². The first kappa shape index (κ1) is 10.4. The number of esters is 1. The Kier molecular flexibility index (Phi) is 3.34. The van der Waals surface area contributed by atoms with Gasteiger partial charge < -0.3 is 14.0 Å². The molecule has 1 aromatic heterocycles. The van der Waals surface area contributed by atoms with Crippen LogP contribution in [0.25, 0.3) is 5.57 Å². The van der Waals surface area contributed by atoms with Crippen LogP contribution in [0.1, 0.15) is 5.69 Å². The zero-order valence-corrected chi connectivity index (χ0v) is 8.48. The molecule has 0 aromatic carbocycles. The molecule has 1 rings (SSSR count). The van der Waals surface area contributed by atoms with Crippen molar-refractivity contribution in [3.63, 3.8) is 0 Å². The van der Waals surface area contributed by atoms with Gasteiger partial charge in [0.05, 0.1) is 26.2 Å². The largest absolute Gasteiger partial charge is 0.503 e. The molecule has 0 fully saturated rings. The summed E-state index contributed by atoms with van der Waals surface area (Å²) in [7, 11) is 4.68. The molecule has 0 saturated heterocycles. The van der Waals surface area contributed by atoms with Crippen LogP contribution in [0.15, 0.2) is 24.6 Å². The molecule has 0 N–H and O–H groups in total. The van der Waals surface area contributed by atoms with E-state index in [0.29, 0.717) is 5.57 Å². The van der Waals surface area contributed by atoms with E-state index in [1.807, 2.05) is 29.9 Å². The van der Waals surface area contributed by atoms with Gasteiger partial charge in [-0.2, -0.15) is 0 Å². The van der Waals surface area contributed by atoms with E-state index < -0.39 is 5.97 Å². The summed E-state index contributed by atoms with van der Waals surface area (Å²) in [6.45, 7) is 0. The Morgan fingerprint density at radius 1 is 1.50 bits per heavy atom. The third kappa shape index (κ3) is 1.96. The fourth-order valence-electron chi connectivity index (χ4n) is 1.18. The quantitative estimate of drug-likeness (QED) is 0.413. The fourth-order valence-corrected chi connectivity index (χ4v) is 1.18. The molecule has 0 aliphatic carbocycles. The summed E-state index contributed by atoms with van der Waals surface area (Å²) < 4.78 is 11.3. The van der Waals surface area contributed by atoms with Crippen molar-refractivity contribution < 1.29 is 14.3 Å². The topological polar surface area (TPSA) is 40.5 Å². The van der Waals surface area contributed by atoms with E-state index in [1.54, 1.807) is 0 Å². The molecular weight excluding hydrogens is 182 g/mol. The molecule has 0 unspecified atom stereocenters. The van der Waals surface area contributed by atoms with E-state index >= 15 is 0 Å². The zero-order chi connectivity index (χ0) is 10.6. The Bertz CT molecular complexity index is 352. The molecule has 76 valence electrons. The second kappa shape index (κ2) is 4.50. The SMILES string of the molecule is COC=C(C(=O)OC)c1cccn1C. The summed E-state index contributed by atoms with van der Waals surface area (Å²) in [6.07, 6.45) is 3.23. The molecule has 0 radical (unpaired) electrons. The minimum Gasteiger partial charge on any atom is -0.503 e. The Balaban J connectivity index is 3.07. The predicted molar refractivity (Wildman–Crippen MR) is 52.4 cm³/mol. The summed E-state index contributed by atoms with van der Waals surface area (Å²) in [5, 5.41) is 0. The Morgan fingerprint density at radius 3 is 2.64 bits per heavy atom. The lowest BCUT2D eigenvalue weighted by atomic mass is 10.2. The highest BCUT2D eigenvalue weighted by molar-refractivity contribution is 6.15. The highest BCUT2D eigenvalue weighted by Gasteiger charge is 2.14. The molecule has 0 amide bonds. The van der Waals surface area contributed by atoms with Crippen LogP contribution in [0.5, 0.6) is 0 Å². The summed E-state index contributed by atoms with van der Waals surface area (Å²) in [4.78, 5) is 11.4. The number of ether oxygens (including phenoxy) is 2. The molecule has 4 nitrogen and oxygen atoms in total. The van der Waals surface area contributed by atoms with E-state index in [-0.39, 0.29) is 0 Å². The summed E-state index contributed by atoms with van der Waals surface area (Å²) in [6, 6.07) is 3.67. The van der Waals surface area contributed by atoms with Crippen LogP contribution in [0.4, 0.5) is 0 Å². The first-order chi connectivity index (χ1) is 6.70. The molecule has 0 aliphatic heterocycles. The number of methoxy groups -OCH3 is 2. The first-order valence-electron chi connectivity index (χ1n) is 4.13. The summed E-state index contributed by atoms with van der Waals surface area (Å²) in [5.41, 5.74) is 1.17. The standard InChI is InChI=1S/C10H13NO3/c1-11-6-4-5-9(11)8(7-13-2)10(12)14-3/h4-7H,1-3H3. The number of aromatic nitrogens is 1. The third-order valence-corrected chi connectivity index (χ3v) is 1.86. The highest BCUT2D eigenvalue weighted by Crippen LogP contribution is 2.15. The van der Waals surface area contributed by atoms with Crippen LogP contribution in [-0.4, -0.2) is 24.8 Å². The van der Waals surface area contributed by atoms with Gasteiger partial charge in [-0.15, -0.1) is 0 Å². The van der Waals surface area contributed by atoms with Crippen molar-refractivity contribution in [1.82, 2.24) is 4.57 Å². The summed E-state index contributed by atoms with van der Waals surface area (Å²) in [5.74, 6) is -0.409. The number of rotatable bonds is 3. The first-order valence-corrected chi connectivity index (χ1v) is 4.13. The van der Waals surface area contributed by atoms with Crippen LogP contribution < -0.4 is 0 Å². The average molecular weight is 195 g/mol. The van der Waals surface area contributed by atoms with Crippen molar-refractivity contribution in [3.05, 3.63) is 30.3 Å². The average Bonchev–Trinajstić information content (AvgIpc) is 2.60. The van der Waals surface area contributed by atoms with Gasteiger partial charge in [0.1, 0.15) is 5.57 Å². The van der Waals surface area contributed by atoms with Crippen molar-refractivity contribution in [1.29, 1.82) is 0 Å². The zero-order valence-electron chi connectivity index (χ0n) is 8.48. The number of hydrogen-bond acceptors (Lipinski definition) is 3. The molecule has 0 aliphatic rings. The minimum absolute atomic E-state index is 0.405. The number of hydrogen-bond donors (Lipinski definition) is 0. The Hall–Kier alpha value is -1.71. The molecule has 0 spiro atoms. The van der Waals surface area contributed by atoms with Gasteiger partial charge in [-0.1, -0.05) is 0 Å². The van der Waals surface area contributed by atoms with Crippen molar-refractivity contribution in [2.24, 2.45) is 7.05 Å². The van der Waals surface area contributed by atoms with E-state index in [9.17, 15) is 4.79 Å². The van der Waals surface area contributed by atoms with Gasteiger partial charge in [0.15, 0.2) is 0 Å². The molecule has 1 heterocycles. The number of nitrogens with zero attached hydrogens (tertiary/aromatic N) is 1. The lowest BCUT2D eigenvalue weighted by Gasteiger charge is -2.06. The molecule has 14 heavy (non-hydrogen) atoms. The van der Waals surface area contributed by atoms with Crippen molar-refractivity contribution in [3.8, 4) is 0 Å². The predicted octanol–water partition coefficient (Wildman–Crippen LogP) is 1.19. The highest BCUT2D eigenvalue weighted by atomic mass is 16.5. The molecule has 1 aromatic rings. The maximum Gasteiger partial charge on any atom is 0.343 e. The van der Waals surface area contributed by atoms with Gasteiger partial charge in [0.25, 0.3) is 0 Å². The van der Waals surface area contributed by atoms with E-state index in [2.05, 4.69) is 4.74 Å². The van der Waals surface area contributed by atoms with Gasteiger partial charge in [0, 0.05) is 13.2 Å². The van der Waals surface area contributed by atoms with Crippen LogP contribution in [0.3, 0.4) is 0 Å². The third-order valence-electron chi connectivity index (χ3n) is 1.86. The maximum absolute atomic E-state index is 11.4. The normalized spacial score (nSPS) is 11.2. The number of carbonyl (C=O) groups is 1. The Morgan fingerprint density at radius 2 is 2.21 bits per heavy atom. The lowest BCUT2D eigenvalue weighted by Crippen LogP contribution is -2.07. The molecule has 4 heteroatoms. The van der Waals surface area contributed by atoms with Gasteiger partial charge >= 0.3 is 5.97 Å². The fraction of sp³-hybridized carbons (Fsp3) is 0.300. The molecular formula is C10H13NO3. The Labute approximate surface area is 82.7 Å². The van der Waals surface area contributed by atoms with Crippen LogP contribution in [0.2, 0.25) is 0 Å². The van der Waals surface area contributed by atoms with Gasteiger partial charge in [0.2, 0.25) is 0 Å². The lowest BCUT2D eigenvalue weighted by molar-refractivity contribution is -0.133. The van der Waals surface area contributed by atoms with Gasteiger partial charge in [-0.05, 0) is 12.1 Å². The monoisotopic (exact) mass is 195 g/mol. The van der Waals surface area contributed by atoms with Crippen molar-refractivity contribution >= 4 is 11.5 Å². The van der Waals surface area contributed by atoms with E-state index in [4.69, 9.17) is 4.74 Å². The van der Waals surface area contributed by atoms with Crippen molar-refractivity contribution in [2.75, 3.05) is 14.2 Å². The smallest absolute Gasteiger partial charge is 0.343 e. The number of aryl methyl sites for hydroxylation is 1. The second-order valence-corrected chi connectivity index (χ2v) is 2.76. The van der Waals surface area contributed by atoms with Crippen molar-refractivity contribution in [2.45, 2.75) is 0 Å². The van der Waals surface area contributed by atoms with Crippen LogP contribution in [0, 0.1) is 0 Å². The molecule has 0 bridgehead atoms.